The summed E-state index contributed by atoms with van der Waals surface area (Å²) in [5, 5.41) is 2.72. The summed E-state index contributed by atoms with van der Waals surface area (Å²) in [6.07, 6.45) is 1.28. The molecule has 19 heavy (non-hydrogen) atoms. The van der Waals surface area contributed by atoms with E-state index in [9.17, 15) is 13.2 Å². The number of carbonyl (C=O) groups excluding carboxylic acids is 1. The van der Waals surface area contributed by atoms with Crippen LogP contribution in [0.15, 0.2) is 23.2 Å². The van der Waals surface area contributed by atoms with Gasteiger partial charge in [0.15, 0.2) is 0 Å². The molecule has 0 aliphatic rings. The number of halogens is 1. The van der Waals surface area contributed by atoms with E-state index in [4.69, 9.17) is 11.6 Å². The number of nitrogens with zero attached hydrogens (tertiary/aromatic N) is 1. The van der Waals surface area contributed by atoms with Gasteiger partial charge in [0.1, 0.15) is 5.15 Å². The summed E-state index contributed by atoms with van der Waals surface area (Å²) in [4.78, 5) is 15.2. The lowest BCUT2D eigenvalue weighted by Crippen LogP contribution is -2.45. The van der Waals surface area contributed by atoms with Crippen LogP contribution in [-0.4, -0.2) is 31.4 Å². The molecule has 0 spiro atoms. The zero-order valence-corrected chi connectivity index (χ0v) is 12.5. The van der Waals surface area contributed by atoms with Crippen molar-refractivity contribution in [3.63, 3.8) is 0 Å². The minimum atomic E-state index is -3.77. The Morgan fingerprint density at radius 2 is 2.05 bits per heavy atom. The molecular formula is C11H16ClN3O3S. The van der Waals surface area contributed by atoms with Crippen LogP contribution < -0.4 is 10.0 Å². The highest BCUT2D eigenvalue weighted by Gasteiger charge is 2.18. The van der Waals surface area contributed by atoms with Crippen LogP contribution in [0.3, 0.4) is 0 Å². The average Bonchev–Trinajstić information content (AvgIpc) is 2.24. The van der Waals surface area contributed by atoms with Crippen LogP contribution in [0.5, 0.6) is 0 Å². The molecule has 0 aliphatic carbocycles. The van der Waals surface area contributed by atoms with Gasteiger partial charge >= 0.3 is 0 Å². The van der Waals surface area contributed by atoms with Gasteiger partial charge in [-0.15, -0.1) is 0 Å². The normalized spacial score (nSPS) is 12.2. The topological polar surface area (TPSA) is 88.2 Å². The number of carbonyl (C=O) groups is 1. The third-order valence-electron chi connectivity index (χ3n) is 1.95. The van der Waals surface area contributed by atoms with Crippen LogP contribution in [0.4, 0.5) is 0 Å². The Morgan fingerprint density at radius 1 is 1.42 bits per heavy atom. The molecule has 1 aromatic rings. The molecule has 0 saturated heterocycles. The molecule has 0 bridgehead atoms. The molecule has 1 rings (SSSR count). The molecular weight excluding hydrogens is 290 g/mol. The van der Waals surface area contributed by atoms with Crippen molar-refractivity contribution in [2.24, 2.45) is 0 Å². The molecule has 0 atom stereocenters. The zero-order chi connectivity index (χ0) is 14.7. The Hall–Kier alpha value is -1.18. The predicted molar refractivity (Wildman–Crippen MR) is 72.3 cm³/mol. The highest BCUT2D eigenvalue weighted by atomic mass is 35.5. The maximum Gasteiger partial charge on any atom is 0.241 e. The molecule has 0 aliphatic heterocycles. The number of rotatable bonds is 4. The predicted octanol–water partition coefficient (Wildman–Crippen LogP) is 0.928. The van der Waals surface area contributed by atoms with Crippen LogP contribution in [-0.2, 0) is 14.8 Å². The Balaban J connectivity index is 2.69. The maximum absolute atomic E-state index is 11.9. The van der Waals surface area contributed by atoms with Gasteiger partial charge in [0.25, 0.3) is 0 Å². The minimum absolute atomic E-state index is 0.0314. The van der Waals surface area contributed by atoms with Crippen LogP contribution in [0.25, 0.3) is 0 Å². The van der Waals surface area contributed by atoms with Gasteiger partial charge in [-0.2, -0.15) is 0 Å². The standard InChI is InChI=1S/C11H16ClN3O3S/c1-11(2,3)15-10(16)7-14-19(17,18)8-4-5-13-9(12)6-8/h4-6,14H,7H2,1-3H3,(H,15,16). The van der Waals surface area contributed by atoms with Gasteiger partial charge < -0.3 is 5.32 Å². The zero-order valence-electron chi connectivity index (χ0n) is 10.9. The van der Waals surface area contributed by atoms with Crippen molar-refractivity contribution >= 4 is 27.5 Å². The van der Waals surface area contributed by atoms with Crippen molar-refractivity contribution in [1.29, 1.82) is 0 Å². The van der Waals surface area contributed by atoms with Crippen LogP contribution in [0.1, 0.15) is 20.8 Å². The van der Waals surface area contributed by atoms with Gasteiger partial charge in [-0.05, 0) is 32.9 Å². The molecule has 0 radical (unpaired) electrons. The van der Waals surface area contributed by atoms with Crippen LogP contribution in [0, 0.1) is 0 Å². The number of hydrogen-bond acceptors (Lipinski definition) is 4. The highest BCUT2D eigenvalue weighted by molar-refractivity contribution is 7.89. The minimum Gasteiger partial charge on any atom is -0.350 e. The van der Waals surface area contributed by atoms with E-state index >= 15 is 0 Å². The quantitative estimate of drug-likeness (QED) is 0.810. The second-order valence-corrected chi connectivity index (χ2v) is 7.09. The summed E-state index contributed by atoms with van der Waals surface area (Å²) in [6.45, 7) is 5.09. The average molecular weight is 306 g/mol. The first kappa shape index (κ1) is 15.9. The van der Waals surface area contributed by atoms with Gasteiger partial charge in [-0.25, -0.2) is 18.1 Å². The van der Waals surface area contributed by atoms with Gasteiger partial charge in [0, 0.05) is 11.7 Å². The van der Waals surface area contributed by atoms with Crippen LogP contribution in [0.2, 0.25) is 5.15 Å². The molecule has 2 N–H and O–H groups in total. The largest absolute Gasteiger partial charge is 0.350 e. The van der Waals surface area contributed by atoms with E-state index < -0.39 is 21.5 Å². The number of nitrogens with one attached hydrogen (secondary N) is 2. The number of aromatic nitrogens is 1. The lowest BCUT2D eigenvalue weighted by atomic mass is 10.1. The fourth-order valence-corrected chi connectivity index (χ4v) is 2.49. The smallest absolute Gasteiger partial charge is 0.241 e. The van der Waals surface area contributed by atoms with Crippen molar-refractivity contribution < 1.29 is 13.2 Å². The second-order valence-electron chi connectivity index (χ2n) is 4.94. The number of hydrogen-bond donors (Lipinski definition) is 2. The highest BCUT2D eigenvalue weighted by Crippen LogP contribution is 2.12. The maximum atomic E-state index is 11.9. The number of pyridine rings is 1. The fourth-order valence-electron chi connectivity index (χ4n) is 1.26. The van der Waals surface area contributed by atoms with Crippen molar-refractivity contribution in [1.82, 2.24) is 15.0 Å². The Kier molecular flexibility index (Phi) is 4.89. The summed E-state index contributed by atoms with van der Waals surface area (Å²) >= 11 is 5.62. The van der Waals surface area contributed by atoms with Gasteiger partial charge in [0.2, 0.25) is 15.9 Å². The molecule has 0 aromatic carbocycles. The Bertz CT molecular complexity index is 567. The first-order valence-electron chi connectivity index (χ1n) is 5.52. The molecule has 1 aromatic heterocycles. The van der Waals surface area contributed by atoms with Gasteiger partial charge in [-0.1, -0.05) is 11.6 Å². The Morgan fingerprint density at radius 3 is 2.58 bits per heavy atom. The number of sulfonamides is 1. The molecule has 0 saturated carbocycles. The van der Waals surface area contributed by atoms with E-state index in [1.165, 1.54) is 18.3 Å². The van der Waals surface area contributed by atoms with E-state index in [1.54, 1.807) is 0 Å². The Labute approximate surface area is 117 Å². The first-order chi connectivity index (χ1) is 8.60. The molecule has 106 valence electrons. The monoisotopic (exact) mass is 305 g/mol. The van der Waals surface area contributed by atoms with Gasteiger partial charge in [0.05, 0.1) is 11.4 Å². The first-order valence-corrected chi connectivity index (χ1v) is 7.38. The summed E-state index contributed by atoms with van der Waals surface area (Å²) < 4.78 is 26.0. The fraction of sp³-hybridized carbons (Fsp3) is 0.455. The van der Waals surface area contributed by atoms with E-state index in [1.807, 2.05) is 20.8 Å². The van der Waals surface area contributed by atoms with E-state index in [2.05, 4.69) is 15.0 Å². The van der Waals surface area contributed by atoms with Crippen molar-refractivity contribution in [2.75, 3.05) is 6.54 Å². The summed E-state index contributed by atoms with van der Waals surface area (Å²) in [5.41, 5.74) is -0.414. The molecule has 8 heteroatoms. The third kappa shape index (κ3) is 5.54. The summed E-state index contributed by atoms with van der Waals surface area (Å²) in [6, 6.07) is 2.52. The lowest BCUT2D eigenvalue weighted by Gasteiger charge is -2.20. The third-order valence-corrected chi connectivity index (χ3v) is 3.55. The second kappa shape index (κ2) is 5.85. The lowest BCUT2D eigenvalue weighted by molar-refractivity contribution is -0.121. The van der Waals surface area contributed by atoms with Crippen LogP contribution >= 0.6 is 11.6 Å². The SMILES string of the molecule is CC(C)(C)NC(=O)CNS(=O)(=O)c1ccnc(Cl)c1. The van der Waals surface area contributed by atoms with Gasteiger partial charge in [-0.3, -0.25) is 4.79 Å². The number of amides is 1. The van der Waals surface area contributed by atoms with E-state index in [-0.39, 0.29) is 16.6 Å². The summed E-state index contributed by atoms with van der Waals surface area (Å²) in [7, 11) is -3.77. The van der Waals surface area contributed by atoms with Crippen molar-refractivity contribution in [2.45, 2.75) is 31.2 Å². The molecule has 1 heterocycles. The van der Waals surface area contributed by atoms with Crippen molar-refractivity contribution in [3.8, 4) is 0 Å². The molecule has 6 nitrogen and oxygen atoms in total. The van der Waals surface area contributed by atoms with E-state index in [0.29, 0.717) is 0 Å². The summed E-state index contributed by atoms with van der Waals surface area (Å²) in [5.74, 6) is -0.406. The van der Waals surface area contributed by atoms with Crippen molar-refractivity contribution in [3.05, 3.63) is 23.5 Å². The molecule has 0 fully saturated rings. The molecule has 1 amide bonds. The molecule has 0 unspecified atom stereocenters. The van der Waals surface area contributed by atoms with E-state index in [0.717, 1.165) is 0 Å².